The molecule has 1 heterocycles. The van der Waals surface area contributed by atoms with E-state index in [1.54, 1.807) is 0 Å². The number of hydrogen-bond donors (Lipinski definition) is 1. The molecule has 1 saturated heterocycles. The molecule has 20 heavy (non-hydrogen) atoms. The number of morpholine rings is 1. The van der Waals surface area contributed by atoms with Crippen molar-refractivity contribution in [1.82, 2.24) is 5.32 Å². The minimum absolute atomic E-state index is 0.284. The summed E-state index contributed by atoms with van der Waals surface area (Å²) in [6.07, 6.45) is -0.343. The summed E-state index contributed by atoms with van der Waals surface area (Å²) in [5, 5.41) is 12.5. The summed E-state index contributed by atoms with van der Waals surface area (Å²) in [6, 6.07) is 8.82. The van der Waals surface area contributed by atoms with Crippen LogP contribution in [0.4, 0.5) is 5.69 Å². The molecule has 0 amide bonds. The fourth-order valence-corrected chi connectivity index (χ4v) is 2.87. The second-order valence-electron chi connectivity index (χ2n) is 4.92. The Kier molecular flexibility index (Phi) is 5.41. The predicted molar refractivity (Wildman–Crippen MR) is 83.8 cm³/mol. The summed E-state index contributed by atoms with van der Waals surface area (Å²) in [7, 11) is 0. The predicted octanol–water partition coefficient (Wildman–Crippen LogP) is 2.85. The van der Waals surface area contributed by atoms with Crippen molar-refractivity contribution in [3.05, 3.63) is 28.2 Å². The summed E-state index contributed by atoms with van der Waals surface area (Å²) < 4.78 is 6.48. The Labute approximate surface area is 128 Å². The van der Waals surface area contributed by atoms with E-state index in [1.165, 1.54) is 11.3 Å². The molecule has 5 heteroatoms. The highest BCUT2D eigenvalue weighted by Gasteiger charge is 2.23. The summed E-state index contributed by atoms with van der Waals surface area (Å²) in [6.45, 7) is 7.24. The largest absolute Gasteiger partial charge is 0.365 e. The SMILES string of the molecule is CCNC(C)c1ccc(Br)cc1N1CCOC(C#N)C1. The third-order valence-electron chi connectivity index (χ3n) is 3.52. The second-order valence-corrected chi connectivity index (χ2v) is 5.83. The molecule has 0 bridgehead atoms. The van der Waals surface area contributed by atoms with E-state index in [1.807, 2.05) is 0 Å². The number of anilines is 1. The van der Waals surface area contributed by atoms with E-state index in [0.29, 0.717) is 13.2 Å². The van der Waals surface area contributed by atoms with Crippen LogP contribution in [-0.2, 0) is 4.74 Å². The fraction of sp³-hybridized carbons (Fsp3) is 0.533. The molecule has 0 aliphatic carbocycles. The number of halogens is 1. The van der Waals surface area contributed by atoms with E-state index in [0.717, 1.165) is 17.6 Å². The maximum Gasteiger partial charge on any atom is 0.161 e. The van der Waals surface area contributed by atoms with E-state index >= 15 is 0 Å². The van der Waals surface area contributed by atoms with Crippen LogP contribution < -0.4 is 10.2 Å². The summed E-state index contributed by atoms with van der Waals surface area (Å²) in [5.74, 6) is 0. The fourth-order valence-electron chi connectivity index (χ4n) is 2.52. The van der Waals surface area contributed by atoms with E-state index in [9.17, 15) is 0 Å². The van der Waals surface area contributed by atoms with Gasteiger partial charge in [-0.3, -0.25) is 0 Å². The standard InChI is InChI=1S/C15H20BrN3O/c1-3-18-11(2)14-5-4-12(16)8-15(14)19-6-7-20-13(9-17)10-19/h4-5,8,11,13,18H,3,6-7,10H2,1-2H3. The van der Waals surface area contributed by atoms with Crippen LogP contribution in [0.2, 0.25) is 0 Å². The third-order valence-corrected chi connectivity index (χ3v) is 4.01. The Balaban J connectivity index is 2.29. The molecule has 0 radical (unpaired) electrons. The molecule has 2 atom stereocenters. The smallest absolute Gasteiger partial charge is 0.161 e. The number of nitriles is 1. The molecule has 1 aliphatic heterocycles. The van der Waals surface area contributed by atoms with Gasteiger partial charge >= 0.3 is 0 Å². The van der Waals surface area contributed by atoms with Crippen LogP contribution in [0.15, 0.2) is 22.7 Å². The Morgan fingerprint density at radius 2 is 2.40 bits per heavy atom. The van der Waals surface area contributed by atoms with Gasteiger partial charge in [-0.05, 0) is 31.2 Å². The highest BCUT2D eigenvalue weighted by molar-refractivity contribution is 9.10. The van der Waals surface area contributed by atoms with Gasteiger partial charge in [-0.25, -0.2) is 0 Å². The molecular weight excluding hydrogens is 318 g/mol. The van der Waals surface area contributed by atoms with Crippen molar-refractivity contribution in [2.24, 2.45) is 0 Å². The van der Waals surface area contributed by atoms with Crippen LogP contribution in [0.3, 0.4) is 0 Å². The van der Waals surface area contributed by atoms with Gasteiger partial charge in [0.1, 0.15) is 0 Å². The lowest BCUT2D eigenvalue weighted by atomic mass is 10.0. The first-order valence-electron chi connectivity index (χ1n) is 6.94. The van der Waals surface area contributed by atoms with E-state index < -0.39 is 0 Å². The molecule has 1 aromatic rings. The van der Waals surface area contributed by atoms with Crippen molar-refractivity contribution in [3.63, 3.8) is 0 Å². The minimum atomic E-state index is -0.343. The highest BCUT2D eigenvalue weighted by atomic mass is 79.9. The van der Waals surface area contributed by atoms with Gasteiger partial charge in [0.2, 0.25) is 0 Å². The normalized spacial score (nSPS) is 20.5. The zero-order valence-electron chi connectivity index (χ0n) is 11.9. The van der Waals surface area contributed by atoms with E-state index in [2.05, 4.69) is 64.3 Å². The molecule has 1 aromatic carbocycles. The Bertz CT molecular complexity index is 500. The Hall–Kier alpha value is -1.09. The number of benzene rings is 1. The number of nitrogens with one attached hydrogen (secondary N) is 1. The molecular formula is C15H20BrN3O. The third kappa shape index (κ3) is 3.51. The molecule has 2 rings (SSSR count). The van der Waals surface area contributed by atoms with Gasteiger partial charge in [-0.1, -0.05) is 28.9 Å². The summed E-state index contributed by atoms with van der Waals surface area (Å²) in [4.78, 5) is 2.24. The van der Waals surface area contributed by atoms with Crippen LogP contribution >= 0.6 is 15.9 Å². The average molecular weight is 338 g/mol. The summed E-state index contributed by atoms with van der Waals surface area (Å²) in [5.41, 5.74) is 2.44. The molecule has 1 N–H and O–H groups in total. The molecule has 2 unspecified atom stereocenters. The molecule has 1 aliphatic rings. The van der Waals surface area contributed by atoms with Gasteiger partial charge in [0.05, 0.1) is 19.2 Å². The average Bonchev–Trinajstić information content (AvgIpc) is 2.47. The van der Waals surface area contributed by atoms with Gasteiger partial charge in [-0.15, -0.1) is 0 Å². The first-order chi connectivity index (χ1) is 9.65. The van der Waals surface area contributed by atoms with Crippen molar-refractivity contribution in [3.8, 4) is 6.07 Å². The molecule has 0 saturated carbocycles. The lowest BCUT2D eigenvalue weighted by molar-refractivity contribution is 0.0763. The highest BCUT2D eigenvalue weighted by Crippen LogP contribution is 2.30. The molecule has 108 valence electrons. The number of hydrogen-bond acceptors (Lipinski definition) is 4. The minimum Gasteiger partial charge on any atom is -0.365 e. The maximum atomic E-state index is 9.05. The lowest BCUT2D eigenvalue weighted by Crippen LogP contribution is -2.42. The summed E-state index contributed by atoms with van der Waals surface area (Å²) >= 11 is 3.54. The van der Waals surface area contributed by atoms with Crippen LogP contribution in [0.25, 0.3) is 0 Å². The maximum absolute atomic E-state index is 9.05. The van der Waals surface area contributed by atoms with Gasteiger partial charge < -0.3 is 15.0 Å². The van der Waals surface area contributed by atoms with Gasteiger partial charge in [0.25, 0.3) is 0 Å². The van der Waals surface area contributed by atoms with Crippen molar-refractivity contribution in [2.45, 2.75) is 26.0 Å². The first kappa shape index (κ1) is 15.3. The Morgan fingerprint density at radius 1 is 1.60 bits per heavy atom. The van der Waals surface area contributed by atoms with Crippen molar-refractivity contribution < 1.29 is 4.74 Å². The van der Waals surface area contributed by atoms with Crippen molar-refractivity contribution in [1.29, 1.82) is 5.26 Å². The van der Waals surface area contributed by atoms with Gasteiger partial charge in [0, 0.05) is 22.7 Å². The van der Waals surface area contributed by atoms with Crippen LogP contribution in [-0.4, -0.2) is 32.3 Å². The van der Waals surface area contributed by atoms with Crippen LogP contribution in [0.1, 0.15) is 25.5 Å². The topological polar surface area (TPSA) is 48.3 Å². The molecule has 0 aromatic heterocycles. The number of nitrogens with zero attached hydrogens (tertiary/aromatic N) is 2. The van der Waals surface area contributed by atoms with Gasteiger partial charge in [0.15, 0.2) is 6.10 Å². The van der Waals surface area contributed by atoms with E-state index in [-0.39, 0.29) is 12.1 Å². The van der Waals surface area contributed by atoms with Crippen LogP contribution in [0, 0.1) is 11.3 Å². The first-order valence-corrected chi connectivity index (χ1v) is 7.74. The van der Waals surface area contributed by atoms with Crippen molar-refractivity contribution in [2.75, 3.05) is 31.1 Å². The number of rotatable bonds is 4. The molecule has 4 nitrogen and oxygen atoms in total. The monoisotopic (exact) mass is 337 g/mol. The van der Waals surface area contributed by atoms with E-state index in [4.69, 9.17) is 10.00 Å². The second kappa shape index (κ2) is 7.07. The number of ether oxygens (including phenoxy) is 1. The molecule has 1 fully saturated rings. The quantitative estimate of drug-likeness (QED) is 0.917. The van der Waals surface area contributed by atoms with Gasteiger partial charge in [-0.2, -0.15) is 5.26 Å². The lowest BCUT2D eigenvalue weighted by Gasteiger charge is -2.34. The van der Waals surface area contributed by atoms with Crippen molar-refractivity contribution >= 4 is 21.6 Å². The zero-order chi connectivity index (χ0) is 14.5. The zero-order valence-corrected chi connectivity index (χ0v) is 13.5. The van der Waals surface area contributed by atoms with Crippen LogP contribution in [0.5, 0.6) is 0 Å². The molecule has 0 spiro atoms. The Morgan fingerprint density at radius 3 is 3.10 bits per heavy atom.